The van der Waals surface area contributed by atoms with Gasteiger partial charge in [0.05, 0.1) is 5.52 Å². The number of nitrogens with zero attached hydrogens (tertiary/aromatic N) is 4. The monoisotopic (exact) mass is 254 g/mol. The number of para-hydroxylation sites is 1. The van der Waals surface area contributed by atoms with E-state index in [2.05, 4.69) is 33.0 Å². The molecule has 0 unspecified atom stereocenters. The third-order valence-corrected chi connectivity index (χ3v) is 4.20. The summed E-state index contributed by atoms with van der Waals surface area (Å²) in [5.41, 5.74) is 2.33. The molecule has 3 heterocycles. The Morgan fingerprint density at radius 2 is 2.17 bits per heavy atom. The van der Waals surface area contributed by atoms with Crippen molar-refractivity contribution in [3.05, 3.63) is 42.2 Å². The normalized spacial score (nSPS) is 14.0. The Bertz CT molecular complexity index is 735. The second-order valence-electron chi connectivity index (χ2n) is 4.30. The van der Waals surface area contributed by atoms with E-state index in [4.69, 9.17) is 4.98 Å². The zero-order valence-electron chi connectivity index (χ0n) is 9.58. The summed E-state index contributed by atoms with van der Waals surface area (Å²) in [6.45, 7) is 0.919. The number of pyridine rings is 1. The molecule has 0 aliphatic carbocycles. The Morgan fingerprint density at radius 3 is 3.17 bits per heavy atom. The van der Waals surface area contributed by atoms with E-state index in [1.165, 1.54) is 10.9 Å². The summed E-state index contributed by atoms with van der Waals surface area (Å²) >= 11 is 1.60. The van der Waals surface area contributed by atoms with E-state index in [0.29, 0.717) is 0 Å². The minimum atomic E-state index is 0.919. The first-order chi connectivity index (χ1) is 8.90. The maximum absolute atomic E-state index is 4.74. The first-order valence-electron chi connectivity index (χ1n) is 5.84. The fraction of sp³-hybridized carbons (Fsp3) is 0.154. The predicted molar refractivity (Wildman–Crippen MR) is 69.6 cm³/mol. The van der Waals surface area contributed by atoms with Crippen LogP contribution in [0.3, 0.4) is 0 Å². The SMILES string of the molecule is c1ccc2nc3c(cc2c1)CCn1cnnc1S3. The Balaban J connectivity index is 1.92. The third kappa shape index (κ3) is 1.51. The van der Waals surface area contributed by atoms with Crippen LogP contribution in [0.15, 0.2) is 46.8 Å². The Kier molecular flexibility index (Phi) is 2.14. The number of fused-ring (bicyclic) bond motifs is 3. The summed E-state index contributed by atoms with van der Waals surface area (Å²) in [4.78, 5) is 4.74. The van der Waals surface area contributed by atoms with Crippen LogP contribution in [0.1, 0.15) is 5.56 Å². The van der Waals surface area contributed by atoms with Crippen LogP contribution in [0.2, 0.25) is 0 Å². The van der Waals surface area contributed by atoms with Crippen molar-refractivity contribution < 1.29 is 0 Å². The zero-order chi connectivity index (χ0) is 11.9. The molecule has 0 radical (unpaired) electrons. The van der Waals surface area contributed by atoms with E-state index < -0.39 is 0 Å². The van der Waals surface area contributed by atoms with E-state index in [9.17, 15) is 0 Å². The van der Waals surface area contributed by atoms with E-state index in [1.54, 1.807) is 18.1 Å². The van der Waals surface area contributed by atoms with Crippen molar-refractivity contribution in [1.82, 2.24) is 19.7 Å². The lowest BCUT2D eigenvalue weighted by atomic mass is 10.1. The number of rotatable bonds is 0. The van der Waals surface area contributed by atoms with Crippen molar-refractivity contribution >= 4 is 22.7 Å². The van der Waals surface area contributed by atoms with Crippen molar-refractivity contribution in [2.45, 2.75) is 23.1 Å². The summed E-state index contributed by atoms with van der Waals surface area (Å²) in [6.07, 6.45) is 2.76. The van der Waals surface area contributed by atoms with Gasteiger partial charge in [0, 0.05) is 11.9 Å². The van der Waals surface area contributed by atoms with Gasteiger partial charge in [-0.15, -0.1) is 10.2 Å². The molecule has 1 aliphatic rings. The summed E-state index contributed by atoms with van der Waals surface area (Å²) in [6, 6.07) is 10.5. The molecule has 2 aromatic heterocycles. The van der Waals surface area contributed by atoms with Crippen LogP contribution in [-0.4, -0.2) is 19.7 Å². The van der Waals surface area contributed by atoms with Gasteiger partial charge in [-0.2, -0.15) is 0 Å². The molecule has 18 heavy (non-hydrogen) atoms. The van der Waals surface area contributed by atoms with Crippen LogP contribution in [0.5, 0.6) is 0 Å². The summed E-state index contributed by atoms with van der Waals surface area (Å²) in [5.74, 6) is 0. The molecule has 0 N–H and O–H groups in total. The van der Waals surface area contributed by atoms with Crippen LogP contribution in [0, 0.1) is 0 Å². The van der Waals surface area contributed by atoms with Crippen LogP contribution in [0.25, 0.3) is 10.9 Å². The van der Waals surface area contributed by atoms with Crippen LogP contribution in [0.4, 0.5) is 0 Å². The van der Waals surface area contributed by atoms with Gasteiger partial charge in [0.15, 0.2) is 5.16 Å². The lowest BCUT2D eigenvalue weighted by Crippen LogP contribution is -1.98. The number of hydrogen-bond acceptors (Lipinski definition) is 4. The van der Waals surface area contributed by atoms with Gasteiger partial charge in [-0.25, -0.2) is 4.98 Å². The van der Waals surface area contributed by atoms with Gasteiger partial charge in [-0.05, 0) is 35.9 Å². The molecule has 0 saturated carbocycles. The molecule has 0 saturated heterocycles. The number of aromatic nitrogens is 4. The minimum absolute atomic E-state index is 0.919. The summed E-state index contributed by atoms with van der Waals surface area (Å²) in [7, 11) is 0. The van der Waals surface area contributed by atoms with Gasteiger partial charge < -0.3 is 4.57 Å². The van der Waals surface area contributed by atoms with Gasteiger partial charge >= 0.3 is 0 Å². The van der Waals surface area contributed by atoms with Crippen molar-refractivity contribution in [3.8, 4) is 0 Å². The quantitative estimate of drug-likeness (QED) is 0.618. The largest absolute Gasteiger partial charge is 0.308 e. The number of benzene rings is 1. The molecule has 1 aromatic carbocycles. The highest BCUT2D eigenvalue weighted by Gasteiger charge is 2.16. The van der Waals surface area contributed by atoms with Crippen molar-refractivity contribution in [1.29, 1.82) is 0 Å². The highest BCUT2D eigenvalue weighted by molar-refractivity contribution is 7.99. The Hall–Kier alpha value is -1.88. The van der Waals surface area contributed by atoms with E-state index in [0.717, 1.165) is 28.7 Å². The van der Waals surface area contributed by atoms with Gasteiger partial charge in [-0.1, -0.05) is 18.2 Å². The molecule has 4 nitrogen and oxygen atoms in total. The van der Waals surface area contributed by atoms with E-state index in [-0.39, 0.29) is 0 Å². The second kappa shape index (κ2) is 3.81. The molecule has 0 fully saturated rings. The average Bonchev–Trinajstić information content (AvgIpc) is 2.77. The number of aryl methyl sites for hydroxylation is 2. The summed E-state index contributed by atoms with van der Waals surface area (Å²) < 4.78 is 2.08. The zero-order valence-corrected chi connectivity index (χ0v) is 10.4. The lowest BCUT2D eigenvalue weighted by Gasteiger charge is -2.05. The minimum Gasteiger partial charge on any atom is -0.308 e. The van der Waals surface area contributed by atoms with Gasteiger partial charge in [0.1, 0.15) is 11.4 Å². The van der Waals surface area contributed by atoms with Gasteiger partial charge in [0.2, 0.25) is 0 Å². The highest BCUT2D eigenvalue weighted by Crippen LogP contribution is 2.32. The first-order valence-corrected chi connectivity index (χ1v) is 6.66. The Morgan fingerprint density at radius 1 is 1.22 bits per heavy atom. The maximum atomic E-state index is 4.74. The molecule has 0 atom stereocenters. The highest BCUT2D eigenvalue weighted by atomic mass is 32.2. The molecular formula is C13H10N4S. The maximum Gasteiger partial charge on any atom is 0.197 e. The van der Waals surface area contributed by atoms with Crippen molar-refractivity contribution in [3.63, 3.8) is 0 Å². The van der Waals surface area contributed by atoms with Gasteiger partial charge in [0.25, 0.3) is 0 Å². The lowest BCUT2D eigenvalue weighted by molar-refractivity contribution is 0.637. The predicted octanol–water partition coefficient (Wildman–Crippen LogP) is 2.53. The molecule has 3 aromatic rings. The van der Waals surface area contributed by atoms with Crippen LogP contribution >= 0.6 is 11.8 Å². The molecule has 5 heteroatoms. The smallest absolute Gasteiger partial charge is 0.197 e. The van der Waals surface area contributed by atoms with Crippen molar-refractivity contribution in [2.75, 3.05) is 0 Å². The number of hydrogen-bond donors (Lipinski definition) is 0. The standard InChI is InChI=1S/C13H10N4S/c1-2-4-11-9(3-1)7-10-5-6-17-8-14-16-13(17)18-12(10)15-11/h1-4,7-8H,5-6H2. The molecule has 0 spiro atoms. The van der Waals surface area contributed by atoms with Gasteiger partial charge in [-0.3, -0.25) is 0 Å². The summed E-state index contributed by atoms with van der Waals surface area (Å²) in [5, 5.41) is 11.3. The molecule has 88 valence electrons. The molecule has 1 aliphatic heterocycles. The van der Waals surface area contributed by atoms with Crippen LogP contribution < -0.4 is 0 Å². The fourth-order valence-electron chi connectivity index (χ4n) is 2.21. The first kappa shape index (κ1) is 10.1. The molecular weight excluding hydrogens is 244 g/mol. The Labute approximate surface area is 108 Å². The van der Waals surface area contributed by atoms with Crippen molar-refractivity contribution in [2.24, 2.45) is 0 Å². The van der Waals surface area contributed by atoms with Crippen LogP contribution in [-0.2, 0) is 13.0 Å². The molecule has 0 amide bonds. The average molecular weight is 254 g/mol. The van der Waals surface area contributed by atoms with E-state index in [1.807, 2.05) is 12.1 Å². The third-order valence-electron chi connectivity index (χ3n) is 3.15. The molecule has 0 bridgehead atoms. The topological polar surface area (TPSA) is 43.6 Å². The molecule has 4 rings (SSSR count). The second-order valence-corrected chi connectivity index (χ2v) is 5.26. The fourth-order valence-corrected chi connectivity index (χ4v) is 3.17. The van der Waals surface area contributed by atoms with E-state index >= 15 is 0 Å².